The number of carbonyl (C=O) groups is 2. The molecule has 2 heterocycles. The van der Waals surface area contributed by atoms with Crippen LogP contribution in [0.4, 0.5) is 0 Å². The summed E-state index contributed by atoms with van der Waals surface area (Å²) in [7, 11) is 0. The lowest BCUT2D eigenvalue weighted by atomic mass is 10.0. The van der Waals surface area contributed by atoms with Crippen molar-refractivity contribution in [1.29, 1.82) is 0 Å². The molecule has 3 rings (SSSR count). The summed E-state index contributed by atoms with van der Waals surface area (Å²) in [6.07, 6.45) is 0.296. The van der Waals surface area contributed by atoms with Crippen LogP contribution in [0.3, 0.4) is 0 Å². The summed E-state index contributed by atoms with van der Waals surface area (Å²) in [4.78, 5) is 29.0. The van der Waals surface area contributed by atoms with Crippen LogP contribution in [0.5, 0.6) is 0 Å². The number of aliphatic carboxylic acids is 1. The lowest BCUT2D eigenvalue weighted by molar-refractivity contribution is -0.142. The van der Waals surface area contributed by atoms with Gasteiger partial charge in [-0.05, 0) is 30.9 Å². The Labute approximate surface area is 160 Å². The van der Waals surface area contributed by atoms with E-state index in [1.165, 1.54) is 11.3 Å². The second kappa shape index (κ2) is 8.13. The van der Waals surface area contributed by atoms with Gasteiger partial charge in [0.15, 0.2) is 6.04 Å². The van der Waals surface area contributed by atoms with Gasteiger partial charge in [0.1, 0.15) is 0 Å². The number of nitrogens with zero attached hydrogens (tertiary/aromatic N) is 2. The number of benzene rings is 1. The van der Waals surface area contributed by atoms with E-state index >= 15 is 0 Å². The van der Waals surface area contributed by atoms with Crippen molar-refractivity contribution in [2.45, 2.75) is 32.7 Å². The summed E-state index contributed by atoms with van der Waals surface area (Å²) < 4.78 is 5.16. The minimum absolute atomic E-state index is 0.0562. The Morgan fingerprint density at radius 1 is 1.26 bits per heavy atom. The van der Waals surface area contributed by atoms with Crippen molar-refractivity contribution >= 4 is 23.2 Å². The number of aryl methyl sites for hydroxylation is 3. The van der Waals surface area contributed by atoms with Crippen molar-refractivity contribution in [2.75, 3.05) is 0 Å². The number of rotatable bonds is 7. The van der Waals surface area contributed by atoms with Crippen molar-refractivity contribution in [2.24, 2.45) is 0 Å². The first-order chi connectivity index (χ1) is 12.9. The molecule has 0 saturated carbocycles. The first-order valence-electron chi connectivity index (χ1n) is 8.39. The molecule has 0 fully saturated rings. The Morgan fingerprint density at radius 3 is 2.63 bits per heavy atom. The van der Waals surface area contributed by atoms with E-state index in [2.05, 4.69) is 15.5 Å². The Hall–Kier alpha value is -3.00. The van der Waals surface area contributed by atoms with Gasteiger partial charge in [0.2, 0.25) is 17.6 Å². The van der Waals surface area contributed by atoms with E-state index < -0.39 is 17.9 Å². The molecule has 0 aliphatic carbocycles. The van der Waals surface area contributed by atoms with E-state index in [-0.39, 0.29) is 12.8 Å². The van der Waals surface area contributed by atoms with E-state index in [0.29, 0.717) is 17.3 Å². The molecular weight excluding hydrogens is 366 g/mol. The van der Waals surface area contributed by atoms with E-state index in [1.54, 1.807) is 12.1 Å². The topological polar surface area (TPSA) is 105 Å². The highest BCUT2D eigenvalue weighted by atomic mass is 32.1. The fraction of sp³-hybridized carbons (Fsp3) is 0.263. The van der Waals surface area contributed by atoms with Crippen LogP contribution in [0.25, 0.3) is 10.7 Å². The Kier molecular flexibility index (Phi) is 5.66. The second-order valence-corrected chi connectivity index (χ2v) is 7.20. The van der Waals surface area contributed by atoms with Crippen LogP contribution in [0.15, 0.2) is 40.2 Å². The molecule has 1 amide bonds. The van der Waals surface area contributed by atoms with Crippen LogP contribution in [-0.2, 0) is 16.0 Å². The summed E-state index contributed by atoms with van der Waals surface area (Å²) in [5, 5.41) is 17.9. The van der Waals surface area contributed by atoms with Gasteiger partial charge in [-0.1, -0.05) is 40.5 Å². The van der Waals surface area contributed by atoms with E-state index in [1.807, 2.05) is 37.4 Å². The maximum absolute atomic E-state index is 12.2. The van der Waals surface area contributed by atoms with E-state index in [9.17, 15) is 14.7 Å². The first kappa shape index (κ1) is 18.8. The van der Waals surface area contributed by atoms with Crippen molar-refractivity contribution in [1.82, 2.24) is 15.5 Å². The molecule has 27 heavy (non-hydrogen) atoms. The van der Waals surface area contributed by atoms with Gasteiger partial charge in [-0.25, -0.2) is 4.79 Å². The number of hydrogen-bond acceptors (Lipinski definition) is 6. The highest BCUT2D eigenvalue weighted by molar-refractivity contribution is 7.13. The second-order valence-electron chi connectivity index (χ2n) is 6.25. The molecule has 8 heteroatoms. The van der Waals surface area contributed by atoms with Gasteiger partial charge in [-0.3, -0.25) is 4.79 Å². The molecule has 2 N–H and O–H groups in total. The summed E-state index contributed by atoms with van der Waals surface area (Å²) in [6, 6.07) is 8.15. The summed E-state index contributed by atoms with van der Waals surface area (Å²) >= 11 is 1.50. The predicted molar refractivity (Wildman–Crippen MR) is 100 cm³/mol. The quantitative estimate of drug-likeness (QED) is 0.646. The minimum Gasteiger partial charge on any atom is -0.479 e. The maximum atomic E-state index is 12.2. The third kappa shape index (κ3) is 4.79. The number of amides is 1. The van der Waals surface area contributed by atoms with Crippen molar-refractivity contribution < 1.29 is 19.2 Å². The van der Waals surface area contributed by atoms with Crippen LogP contribution >= 0.6 is 11.3 Å². The predicted octanol–water partition coefficient (Wildman–Crippen LogP) is 3.29. The molecule has 2 aromatic heterocycles. The fourth-order valence-corrected chi connectivity index (χ4v) is 3.43. The van der Waals surface area contributed by atoms with Crippen LogP contribution < -0.4 is 5.32 Å². The number of aromatic nitrogens is 2. The molecule has 7 nitrogen and oxygen atoms in total. The average molecular weight is 385 g/mol. The third-order valence-corrected chi connectivity index (χ3v) is 4.77. The SMILES string of the molecule is Cc1cc(C)cc(C(NC(=O)CCc2nc(-c3cccs3)no2)C(=O)O)c1. The smallest absolute Gasteiger partial charge is 0.330 e. The highest BCUT2D eigenvalue weighted by Crippen LogP contribution is 2.22. The van der Waals surface area contributed by atoms with Gasteiger partial charge < -0.3 is 14.9 Å². The van der Waals surface area contributed by atoms with Crippen molar-refractivity contribution in [3.8, 4) is 10.7 Å². The number of nitrogens with one attached hydrogen (secondary N) is 1. The third-order valence-electron chi connectivity index (χ3n) is 3.91. The standard InChI is InChI=1S/C19H19N3O4S/c1-11-8-12(2)10-13(9-11)17(19(24)25)20-15(23)5-6-16-21-18(22-26-16)14-4-3-7-27-14/h3-4,7-10,17H,5-6H2,1-2H3,(H,20,23)(H,24,25). The molecule has 140 valence electrons. The van der Waals surface area contributed by atoms with Gasteiger partial charge in [-0.2, -0.15) is 4.98 Å². The molecule has 3 aromatic rings. The molecular formula is C19H19N3O4S. The normalized spacial score (nSPS) is 11.9. The van der Waals surface area contributed by atoms with E-state index in [0.717, 1.165) is 16.0 Å². The largest absolute Gasteiger partial charge is 0.479 e. The van der Waals surface area contributed by atoms with Crippen LogP contribution in [-0.4, -0.2) is 27.1 Å². The fourth-order valence-electron chi connectivity index (χ4n) is 2.78. The molecule has 0 bridgehead atoms. The lowest BCUT2D eigenvalue weighted by Crippen LogP contribution is -2.34. The number of carboxylic acid groups (broad SMARTS) is 1. The molecule has 0 saturated heterocycles. The monoisotopic (exact) mass is 385 g/mol. The van der Waals surface area contributed by atoms with Crippen LogP contribution in [0.2, 0.25) is 0 Å². The first-order valence-corrected chi connectivity index (χ1v) is 9.27. The Bertz CT molecular complexity index is 930. The number of hydrogen-bond donors (Lipinski definition) is 2. The maximum Gasteiger partial charge on any atom is 0.330 e. The van der Waals surface area contributed by atoms with Gasteiger partial charge in [-0.15, -0.1) is 11.3 Å². The van der Waals surface area contributed by atoms with Crippen molar-refractivity contribution in [3.05, 3.63) is 58.3 Å². The molecule has 0 aliphatic rings. The minimum atomic E-state index is -1.11. The summed E-state index contributed by atoms with van der Waals surface area (Å²) in [5.74, 6) is -0.672. The average Bonchev–Trinajstić information content (AvgIpc) is 3.27. The lowest BCUT2D eigenvalue weighted by Gasteiger charge is -2.16. The Morgan fingerprint density at radius 2 is 2.00 bits per heavy atom. The van der Waals surface area contributed by atoms with Gasteiger partial charge in [0.25, 0.3) is 0 Å². The zero-order chi connectivity index (χ0) is 19.4. The van der Waals surface area contributed by atoms with Gasteiger partial charge in [0, 0.05) is 12.8 Å². The molecule has 0 spiro atoms. The molecule has 1 unspecified atom stereocenters. The molecule has 1 aromatic carbocycles. The van der Waals surface area contributed by atoms with Gasteiger partial charge >= 0.3 is 5.97 Å². The number of carboxylic acids is 1. The summed E-state index contributed by atoms with van der Waals surface area (Å²) in [6.45, 7) is 3.77. The zero-order valence-corrected chi connectivity index (χ0v) is 15.7. The van der Waals surface area contributed by atoms with Gasteiger partial charge in [0.05, 0.1) is 4.88 Å². The van der Waals surface area contributed by atoms with E-state index in [4.69, 9.17) is 4.52 Å². The molecule has 0 aliphatic heterocycles. The van der Waals surface area contributed by atoms with Crippen molar-refractivity contribution in [3.63, 3.8) is 0 Å². The Balaban J connectivity index is 1.62. The van der Waals surface area contributed by atoms with Crippen LogP contribution in [0, 0.1) is 13.8 Å². The zero-order valence-electron chi connectivity index (χ0n) is 14.9. The molecule has 1 atom stereocenters. The number of thiophene rings is 1. The number of carbonyl (C=O) groups excluding carboxylic acids is 1. The van der Waals surface area contributed by atoms with Crippen LogP contribution in [0.1, 0.15) is 35.0 Å². The summed E-state index contributed by atoms with van der Waals surface area (Å²) in [5.41, 5.74) is 2.43. The highest BCUT2D eigenvalue weighted by Gasteiger charge is 2.23. The molecule has 0 radical (unpaired) electrons.